The zero-order valence-corrected chi connectivity index (χ0v) is 6.02. The summed E-state index contributed by atoms with van der Waals surface area (Å²) in [7, 11) is 0. The molecule has 1 heterocycles. The lowest BCUT2D eigenvalue weighted by Crippen LogP contribution is -2.44. The summed E-state index contributed by atoms with van der Waals surface area (Å²) in [4.78, 5) is 0. The molecule has 0 spiro atoms. The third kappa shape index (κ3) is 1.45. The van der Waals surface area contributed by atoms with Crippen molar-refractivity contribution in [1.82, 2.24) is 10.9 Å². The number of rotatable bonds is 1. The summed E-state index contributed by atoms with van der Waals surface area (Å²) in [5, 5.41) is 0. The van der Waals surface area contributed by atoms with Crippen molar-refractivity contribution in [2.45, 2.75) is 26.3 Å². The highest BCUT2D eigenvalue weighted by atomic mass is 15.4. The van der Waals surface area contributed by atoms with Gasteiger partial charge in [-0.3, -0.25) is 0 Å². The maximum Gasteiger partial charge on any atom is 0.0318 e. The van der Waals surface area contributed by atoms with E-state index in [2.05, 4.69) is 30.8 Å². The topological polar surface area (TPSA) is 24.1 Å². The Morgan fingerprint density at radius 2 is 2.33 bits per heavy atom. The Morgan fingerprint density at radius 3 is 2.78 bits per heavy atom. The average Bonchev–Trinajstić information content (AvgIpc) is 1.89. The molecule has 1 unspecified atom stereocenters. The van der Waals surface area contributed by atoms with Crippen molar-refractivity contribution in [3.05, 3.63) is 12.3 Å². The molecule has 1 aliphatic rings. The minimum Gasteiger partial charge on any atom is -0.329 e. The van der Waals surface area contributed by atoms with Gasteiger partial charge in [0.15, 0.2) is 0 Å². The second-order valence-electron chi connectivity index (χ2n) is 2.52. The highest BCUT2D eigenvalue weighted by Crippen LogP contribution is 2.09. The molecule has 2 atom stereocenters. The highest BCUT2D eigenvalue weighted by molar-refractivity contribution is 4.94. The quantitative estimate of drug-likeness (QED) is 0.548. The van der Waals surface area contributed by atoms with Gasteiger partial charge in [-0.15, -0.1) is 0 Å². The normalized spacial score (nSPS) is 34.0. The van der Waals surface area contributed by atoms with E-state index in [1.165, 1.54) is 6.42 Å². The van der Waals surface area contributed by atoms with Gasteiger partial charge in [-0.05, 0) is 12.3 Å². The van der Waals surface area contributed by atoms with E-state index >= 15 is 0 Å². The first-order valence-corrected chi connectivity index (χ1v) is 3.52. The Hall–Kier alpha value is -0.500. The molecule has 2 nitrogen and oxygen atoms in total. The van der Waals surface area contributed by atoms with Gasteiger partial charge in [0.1, 0.15) is 0 Å². The van der Waals surface area contributed by atoms with E-state index in [4.69, 9.17) is 0 Å². The summed E-state index contributed by atoms with van der Waals surface area (Å²) in [6.45, 7) is 4.41. The summed E-state index contributed by atoms with van der Waals surface area (Å²) in [5.74, 6) is 0.663. The van der Waals surface area contributed by atoms with E-state index in [1.54, 1.807) is 0 Å². The minimum absolute atomic E-state index is 0.606. The Kier molecular flexibility index (Phi) is 2.11. The lowest BCUT2D eigenvalue weighted by Gasteiger charge is -2.25. The van der Waals surface area contributed by atoms with E-state index in [0.717, 1.165) is 0 Å². The second-order valence-corrected chi connectivity index (χ2v) is 2.52. The number of nitrogens with one attached hydrogen (secondary N) is 2. The highest BCUT2D eigenvalue weighted by Gasteiger charge is 2.13. The fraction of sp³-hybridized carbons (Fsp3) is 0.714. The van der Waals surface area contributed by atoms with Crippen LogP contribution < -0.4 is 10.9 Å². The van der Waals surface area contributed by atoms with Crippen LogP contribution in [0.25, 0.3) is 0 Å². The van der Waals surface area contributed by atoms with Gasteiger partial charge >= 0.3 is 0 Å². The van der Waals surface area contributed by atoms with Gasteiger partial charge in [-0.2, -0.15) is 0 Å². The SMILES string of the molecule is CC[C@H]1NNC=CC1C. The standard InChI is InChI=1S/C7H14N2/c1-3-7-6(2)4-5-8-9-7/h4-9H,3H2,1-2H3/t6?,7-/m1/s1. The Labute approximate surface area is 56.3 Å². The van der Waals surface area contributed by atoms with Crippen LogP contribution in [0.2, 0.25) is 0 Å². The van der Waals surface area contributed by atoms with Crippen LogP contribution in [0.5, 0.6) is 0 Å². The Balaban J connectivity index is 2.44. The molecule has 0 saturated heterocycles. The molecule has 1 rings (SSSR count). The smallest absolute Gasteiger partial charge is 0.0318 e. The molecule has 0 aromatic carbocycles. The van der Waals surface area contributed by atoms with Crippen molar-refractivity contribution in [1.29, 1.82) is 0 Å². The Morgan fingerprint density at radius 1 is 1.56 bits per heavy atom. The zero-order chi connectivity index (χ0) is 6.69. The van der Waals surface area contributed by atoms with Crippen LogP contribution in [-0.4, -0.2) is 6.04 Å². The summed E-state index contributed by atoms with van der Waals surface area (Å²) >= 11 is 0. The third-order valence-corrected chi connectivity index (χ3v) is 1.83. The first-order valence-electron chi connectivity index (χ1n) is 3.52. The molecular weight excluding hydrogens is 112 g/mol. The van der Waals surface area contributed by atoms with Gasteiger partial charge in [-0.25, -0.2) is 5.43 Å². The summed E-state index contributed by atoms with van der Waals surface area (Å²) < 4.78 is 0. The summed E-state index contributed by atoms with van der Waals surface area (Å²) in [6.07, 6.45) is 5.32. The Bertz CT molecular complexity index is 109. The van der Waals surface area contributed by atoms with Crippen LogP contribution in [0.4, 0.5) is 0 Å². The molecule has 0 aromatic rings. The molecule has 0 aromatic heterocycles. The first-order chi connectivity index (χ1) is 4.34. The largest absolute Gasteiger partial charge is 0.329 e. The van der Waals surface area contributed by atoms with Crippen molar-refractivity contribution in [3.63, 3.8) is 0 Å². The molecule has 52 valence electrons. The molecule has 2 N–H and O–H groups in total. The van der Waals surface area contributed by atoms with Crippen molar-refractivity contribution in [2.24, 2.45) is 5.92 Å². The van der Waals surface area contributed by atoms with Crippen molar-refractivity contribution in [2.75, 3.05) is 0 Å². The van der Waals surface area contributed by atoms with E-state index in [9.17, 15) is 0 Å². The number of hydrazine groups is 1. The van der Waals surface area contributed by atoms with E-state index in [1.807, 2.05) is 6.20 Å². The van der Waals surface area contributed by atoms with Crippen LogP contribution in [0.1, 0.15) is 20.3 Å². The fourth-order valence-electron chi connectivity index (χ4n) is 1.09. The molecule has 0 saturated carbocycles. The van der Waals surface area contributed by atoms with Gasteiger partial charge in [0.05, 0.1) is 0 Å². The van der Waals surface area contributed by atoms with Crippen molar-refractivity contribution < 1.29 is 0 Å². The summed E-state index contributed by atoms with van der Waals surface area (Å²) in [5.41, 5.74) is 6.17. The molecule has 2 heteroatoms. The second kappa shape index (κ2) is 2.87. The van der Waals surface area contributed by atoms with Gasteiger partial charge in [-0.1, -0.05) is 19.9 Å². The summed E-state index contributed by atoms with van der Waals surface area (Å²) in [6, 6.07) is 0.606. The molecule has 9 heavy (non-hydrogen) atoms. The van der Waals surface area contributed by atoms with Crippen molar-refractivity contribution >= 4 is 0 Å². The fourth-order valence-corrected chi connectivity index (χ4v) is 1.09. The maximum absolute atomic E-state index is 3.18. The van der Waals surface area contributed by atoms with Gasteiger partial charge in [0.25, 0.3) is 0 Å². The molecule has 0 radical (unpaired) electrons. The number of hydrogen-bond donors (Lipinski definition) is 2. The first kappa shape index (κ1) is 6.62. The maximum atomic E-state index is 3.18. The zero-order valence-electron chi connectivity index (χ0n) is 6.02. The molecule has 0 amide bonds. The van der Waals surface area contributed by atoms with Gasteiger partial charge in [0, 0.05) is 12.2 Å². The molecular formula is C7H14N2. The number of hydrogen-bond acceptors (Lipinski definition) is 2. The predicted molar refractivity (Wildman–Crippen MR) is 38.7 cm³/mol. The molecule has 0 fully saturated rings. The van der Waals surface area contributed by atoms with Crippen LogP contribution in [0, 0.1) is 5.92 Å². The van der Waals surface area contributed by atoms with E-state index < -0.39 is 0 Å². The lowest BCUT2D eigenvalue weighted by atomic mass is 9.99. The average molecular weight is 126 g/mol. The molecule has 0 bridgehead atoms. The van der Waals surface area contributed by atoms with Gasteiger partial charge < -0.3 is 5.43 Å². The van der Waals surface area contributed by atoms with Crippen molar-refractivity contribution in [3.8, 4) is 0 Å². The van der Waals surface area contributed by atoms with Gasteiger partial charge in [0.2, 0.25) is 0 Å². The van der Waals surface area contributed by atoms with Crippen LogP contribution in [-0.2, 0) is 0 Å². The van der Waals surface area contributed by atoms with Crippen LogP contribution in [0.3, 0.4) is 0 Å². The third-order valence-electron chi connectivity index (χ3n) is 1.83. The molecule has 0 aliphatic carbocycles. The monoisotopic (exact) mass is 126 g/mol. The van der Waals surface area contributed by atoms with Crippen LogP contribution in [0.15, 0.2) is 12.3 Å². The van der Waals surface area contributed by atoms with Crippen LogP contribution >= 0.6 is 0 Å². The van der Waals surface area contributed by atoms with E-state index in [0.29, 0.717) is 12.0 Å². The van der Waals surface area contributed by atoms with E-state index in [-0.39, 0.29) is 0 Å². The lowest BCUT2D eigenvalue weighted by molar-refractivity contribution is 0.370. The minimum atomic E-state index is 0.606. The predicted octanol–water partition coefficient (Wildman–Crippen LogP) is 1.02. The molecule has 1 aliphatic heterocycles.